The highest BCUT2D eigenvalue weighted by Gasteiger charge is 2.22. The molecule has 0 saturated carbocycles. The fourth-order valence-electron chi connectivity index (χ4n) is 1.32. The van der Waals surface area contributed by atoms with Crippen molar-refractivity contribution in [3.63, 3.8) is 0 Å². The number of hydrogen-bond donors (Lipinski definition) is 1. The van der Waals surface area contributed by atoms with Crippen LogP contribution in [0.3, 0.4) is 0 Å². The summed E-state index contributed by atoms with van der Waals surface area (Å²) in [5, 5.41) is 5.28. The van der Waals surface area contributed by atoms with Gasteiger partial charge in [0.2, 0.25) is 0 Å². The van der Waals surface area contributed by atoms with Crippen molar-refractivity contribution in [1.82, 2.24) is 5.32 Å². The number of rotatable bonds is 4. The zero-order chi connectivity index (χ0) is 10.6. The molecule has 1 aliphatic rings. The lowest BCUT2D eigenvalue weighted by Crippen LogP contribution is -2.32. The highest BCUT2D eigenvalue weighted by atomic mass is 32.2. The van der Waals surface area contributed by atoms with E-state index in [1.165, 1.54) is 0 Å². The van der Waals surface area contributed by atoms with Crippen molar-refractivity contribution in [3.8, 4) is 0 Å². The fraction of sp³-hybridized carbons (Fsp3) is 0.900. The molecular formula is C10H20N2S2. The average molecular weight is 232 g/mol. The lowest BCUT2D eigenvalue weighted by Gasteiger charge is -2.15. The molecule has 1 N–H and O–H groups in total. The number of aliphatic imine (C=N–C) groups is 1. The van der Waals surface area contributed by atoms with Gasteiger partial charge < -0.3 is 5.32 Å². The number of amidine groups is 1. The Morgan fingerprint density at radius 1 is 1.57 bits per heavy atom. The Balaban J connectivity index is 2.28. The predicted octanol–water partition coefficient (Wildman–Crippen LogP) is 2.45. The van der Waals surface area contributed by atoms with Crippen LogP contribution in [0.4, 0.5) is 0 Å². The molecule has 82 valence electrons. The van der Waals surface area contributed by atoms with Gasteiger partial charge in [-0.15, -0.1) is 0 Å². The van der Waals surface area contributed by atoms with Gasteiger partial charge >= 0.3 is 0 Å². The van der Waals surface area contributed by atoms with Crippen LogP contribution in [0.25, 0.3) is 0 Å². The normalized spacial score (nSPS) is 23.8. The van der Waals surface area contributed by atoms with Crippen molar-refractivity contribution in [3.05, 3.63) is 0 Å². The molecule has 0 radical (unpaired) electrons. The number of thioether (sulfide) groups is 2. The average Bonchev–Trinajstić information content (AvgIpc) is 2.53. The Labute approximate surface area is 95.7 Å². The maximum Gasteiger partial charge on any atom is 0.157 e. The standard InChI is InChI=1S/C10H20N2S2/c1-7(2)9-5-11-10(14-9)12-8(3)6-13-4/h7-9H,5-6H2,1-4H3,(H,11,12). The molecule has 0 bridgehead atoms. The molecule has 1 aliphatic heterocycles. The third-order valence-electron chi connectivity index (χ3n) is 2.21. The summed E-state index contributed by atoms with van der Waals surface area (Å²) in [5.41, 5.74) is 0. The van der Waals surface area contributed by atoms with E-state index in [4.69, 9.17) is 0 Å². The van der Waals surface area contributed by atoms with E-state index in [0.717, 1.165) is 23.4 Å². The van der Waals surface area contributed by atoms with Crippen LogP contribution in [-0.2, 0) is 0 Å². The first-order valence-electron chi connectivity index (χ1n) is 5.10. The zero-order valence-electron chi connectivity index (χ0n) is 9.41. The molecule has 1 heterocycles. The Bertz CT molecular complexity index is 204. The first-order chi connectivity index (χ1) is 6.63. The molecule has 0 fully saturated rings. The third-order valence-corrected chi connectivity index (χ3v) is 4.51. The molecule has 0 aromatic rings. The largest absolute Gasteiger partial charge is 0.362 e. The van der Waals surface area contributed by atoms with Crippen LogP contribution in [-0.4, -0.2) is 35.0 Å². The van der Waals surface area contributed by atoms with Crippen LogP contribution in [0.1, 0.15) is 20.8 Å². The summed E-state index contributed by atoms with van der Waals surface area (Å²) in [6.45, 7) is 7.72. The summed E-state index contributed by atoms with van der Waals surface area (Å²) in [7, 11) is 0. The fourth-order valence-corrected chi connectivity index (χ4v) is 3.03. The van der Waals surface area contributed by atoms with Crippen molar-refractivity contribution in [1.29, 1.82) is 0 Å². The molecule has 0 aliphatic carbocycles. The smallest absolute Gasteiger partial charge is 0.157 e. The summed E-state index contributed by atoms with van der Waals surface area (Å²) in [6.07, 6.45) is 2.14. The molecule has 0 aromatic carbocycles. The molecule has 2 atom stereocenters. The molecule has 0 spiro atoms. The molecular weight excluding hydrogens is 212 g/mol. The molecule has 14 heavy (non-hydrogen) atoms. The lowest BCUT2D eigenvalue weighted by atomic mass is 10.1. The molecule has 2 nitrogen and oxygen atoms in total. The van der Waals surface area contributed by atoms with Crippen LogP contribution in [0.15, 0.2) is 4.99 Å². The van der Waals surface area contributed by atoms with Gasteiger partial charge in [0.1, 0.15) is 0 Å². The topological polar surface area (TPSA) is 24.4 Å². The maximum absolute atomic E-state index is 4.52. The van der Waals surface area contributed by atoms with E-state index in [0.29, 0.717) is 11.3 Å². The number of nitrogens with zero attached hydrogens (tertiary/aromatic N) is 1. The molecule has 0 saturated heterocycles. The number of hydrogen-bond acceptors (Lipinski definition) is 4. The van der Waals surface area contributed by atoms with Crippen molar-refractivity contribution >= 4 is 28.7 Å². The lowest BCUT2D eigenvalue weighted by molar-refractivity contribution is 0.621. The third kappa shape index (κ3) is 3.73. The molecule has 1 rings (SSSR count). The molecule has 2 unspecified atom stereocenters. The Hall–Kier alpha value is 0.170. The van der Waals surface area contributed by atoms with Gasteiger partial charge in [0, 0.05) is 17.0 Å². The van der Waals surface area contributed by atoms with Gasteiger partial charge in [0.15, 0.2) is 5.17 Å². The summed E-state index contributed by atoms with van der Waals surface area (Å²) >= 11 is 3.78. The van der Waals surface area contributed by atoms with Gasteiger partial charge in [-0.05, 0) is 19.1 Å². The van der Waals surface area contributed by atoms with Crippen molar-refractivity contribution in [2.24, 2.45) is 10.9 Å². The minimum atomic E-state index is 0.530. The van der Waals surface area contributed by atoms with Gasteiger partial charge in [0.05, 0.1) is 6.54 Å². The number of nitrogens with one attached hydrogen (secondary N) is 1. The Kier molecular flexibility index (Phi) is 5.17. The van der Waals surface area contributed by atoms with Gasteiger partial charge in [0.25, 0.3) is 0 Å². The van der Waals surface area contributed by atoms with Gasteiger partial charge in [-0.3, -0.25) is 4.99 Å². The summed E-state index contributed by atoms with van der Waals surface area (Å²) < 4.78 is 0. The monoisotopic (exact) mass is 232 g/mol. The van der Waals surface area contributed by atoms with Gasteiger partial charge in [-0.1, -0.05) is 25.6 Å². The van der Waals surface area contributed by atoms with Crippen molar-refractivity contribution in [2.75, 3.05) is 18.6 Å². The van der Waals surface area contributed by atoms with Crippen LogP contribution in [0, 0.1) is 5.92 Å². The summed E-state index contributed by atoms with van der Waals surface area (Å²) in [5.74, 6) is 1.87. The zero-order valence-corrected chi connectivity index (χ0v) is 11.0. The summed E-state index contributed by atoms with van der Waals surface area (Å²) in [4.78, 5) is 4.52. The second-order valence-electron chi connectivity index (χ2n) is 4.05. The molecule has 0 aromatic heterocycles. The van der Waals surface area contributed by atoms with Gasteiger partial charge in [-0.2, -0.15) is 11.8 Å². The van der Waals surface area contributed by atoms with E-state index < -0.39 is 0 Å². The first kappa shape index (κ1) is 12.2. The van der Waals surface area contributed by atoms with Crippen LogP contribution < -0.4 is 5.32 Å². The quantitative estimate of drug-likeness (QED) is 0.806. The predicted molar refractivity (Wildman–Crippen MR) is 69.5 cm³/mol. The van der Waals surface area contributed by atoms with Crippen LogP contribution in [0.5, 0.6) is 0 Å². The molecule has 0 amide bonds. The van der Waals surface area contributed by atoms with Crippen molar-refractivity contribution in [2.45, 2.75) is 32.1 Å². The SMILES string of the molecule is CSCC(C)NC1=NCC(C(C)C)S1. The Morgan fingerprint density at radius 3 is 2.79 bits per heavy atom. The van der Waals surface area contributed by atoms with Crippen LogP contribution in [0.2, 0.25) is 0 Å². The van der Waals surface area contributed by atoms with Crippen LogP contribution >= 0.6 is 23.5 Å². The second kappa shape index (κ2) is 5.91. The summed E-state index contributed by atoms with van der Waals surface area (Å²) in [6, 6.07) is 0.530. The van der Waals surface area contributed by atoms with E-state index in [1.807, 2.05) is 23.5 Å². The highest BCUT2D eigenvalue weighted by Crippen LogP contribution is 2.26. The maximum atomic E-state index is 4.52. The molecule has 4 heteroatoms. The van der Waals surface area contributed by atoms with Crippen molar-refractivity contribution < 1.29 is 0 Å². The van der Waals surface area contributed by atoms with E-state index in [2.05, 4.69) is 37.3 Å². The van der Waals surface area contributed by atoms with E-state index in [9.17, 15) is 0 Å². The minimum Gasteiger partial charge on any atom is -0.362 e. The second-order valence-corrected chi connectivity index (χ2v) is 6.19. The van der Waals surface area contributed by atoms with E-state index in [1.54, 1.807) is 0 Å². The van der Waals surface area contributed by atoms with E-state index >= 15 is 0 Å². The minimum absolute atomic E-state index is 0.530. The van der Waals surface area contributed by atoms with Gasteiger partial charge in [-0.25, -0.2) is 0 Å². The first-order valence-corrected chi connectivity index (χ1v) is 7.37. The van der Waals surface area contributed by atoms with E-state index in [-0.39, 0.29) is 0 Å². The highest BCUT2D eigenvalue weighted by molar-refractivity contribution is 8.14. The Morgan fingerprint density at radius 2 is 2.29 bits per heavy atom.